The summed E-state index contributed by atoms with van der Waals surface area (Å²) < 4.78 is 5.84. The lowest BCUT2D eigenvalue weighted by atomic mass is 9.94. The van der Waals surface area contributed by atoms with E-state index < -0.39 is 6.10 Å². The Kier molecular flexibility index (Phi) is 5.58. The number of halogens is 1. The molecular formula is C21H27ClN2O3. The van der Waals surface area contributed by atoms with Crippen molar-refractivity contribution in [3.05, 3.63) is 28.8 Å². The number of rotatable bonds is 2. The van der Waals surface area contributed by atoms with Crippen molar-refractivity contribution in [2.45, 2.75) is 51.0 Å². The molecule has 3 aliphatic heterocycles. The summed E-state index contributed by atoms with van der Waals surface area (Å²) in [5, 5.41) is 0.665. The molecule has 2 amide bonds. The van der Waals surface area contributed by atoms with Gasteiger partial charge in [0.25, 0.3) is 5.91 Å². The Balaban J connectivity index is 1.30. The van der Waals surface area contributed by atoms with Gasteiger partial charge < -0.3 is 14.5 Å². The van der Waals surface area contributed by atoms with Gasteiger partial charge in [-0.25, -0.2) is 0 Å². The van der Waals surface area contributed by atoms with E-state index >= 15 is 0 Å². The molecule has 27 heavy (non-hydrogen) atoms. The monoisotopic (exact) mass is 390 g/mol. The van der Waals surface area contributed by atoms with E-state index in [1.807, 2.05) is 17.0 Å². The number of likely N-dealkylation sites (tertiary alicyclic amines) is 2. The van der Waals surface area contributed by atoms with Crippen LogP contribution in [0.5, 0.6) is 5.75 Å². The van der Waals surface area contributed by atoms with Gasteiger partial charge in [0.1, 0.15) is 5.75 Å². The van der Waals surface area contributed by atoms with Crippen LogP contribution >= 0.6 is 11.6 Å². The van der Waals surface area contributed by atoms with Gasteiger partial charge in [0, 0.05) is 43.5 Å². The zero-order chi connectivity index (χ0) is 18.8. The van der Waals surface area contributed by atoms with Gasteiger partial charge in [-0.3, -0.25) is 9.59 Å². The zero-order valence-electron chi connectivity index (χ0n) is 15.7. The second kappa shape index (κ2) is 8.09. The minimum absolute atomic E-state index is 0.0305. The van der Waals surface area contributed by atoms with Crippen LogP contribution < -0.4 is 4.74 Å². The minimum atomic E-state index is -0.462. The van der Waals surface area contributed by atoms with Crippen LogP contribution in [0.3, 0.4) is 0 Å². The molecule has 0 radical (unpaired) electrons. The summed E-state index contributed by atoms with van der Waals surface area (Å²) >= 11 is 6.03. The predicted molar refractivity (Wildman–Crippen MR) is 104 cm³/mol. The Morgan fingerprint density at radius 3 is 2.30 bits per heavy atom. The number of hydrogen-bond donors (Lipinski definition) is 0. The van der Waals surface area contributed by atoms with Crippen molar-refractivity contribution in [3.8, 4) is 5.75 Å². The Bertz CT molecular complexity index is 707. The summed E-state index contributed by atoms with van der Waals surface area (Å²) in [5.41, 5.74) is 0.993. The highest BCUT2D eigenvalue weighted by Crippen LogP contribution is 2.32. The van der Waals surface area contributed by atoms with Crippen molar-refractivity contribution in [2.24, 2.45) is 5.92 Å². The molecule has 0 unspecified atom stereocenters. The van der Waals surface area contributed by atoms with Gasteiger partial charge in [-0.1, -0.05) is 24.4 Å². The highest BCUT2D eigenvalue weighted by atomic mass is 35.5. The van der Waals surface area contributed by atoms with Crippen LogP contribution in [0.4, 0.5) is 0 Å². The van der Waals surface area contributed by atoms with Gasteiger partial charge in [-0.15, -0.1) is 0 Å². The number of amides is 2. The van der Waals surface area contributed by atoms with Crippen LogP contribution in [-0.2, 0) is 16.0 Å². The molecule has 2 saturated heterocycles. The molecule has 1 aromatic carbocycles. The van der Waals surface area contributed by atoms with E-state index in [4.69, 9.17) is 16.3 Å². The van der Waals surface area contributed by atoms with E-state index in [2.05, 4.69) is 4.90 Å². The number of piperidine rings is 1. The molecule has 6 heteroatoms. The van der Waals surface area contributed by atoms with E-state index in [1.165, 1.54) is 12.8 Å². The number of nitrogens with zero attached hydrogens (tertiary/aromatic N) is 2. The first-order valence-electron chi connectivity index (χ1n) is 10.1. The molecule has 0 spiro atoms. The van der Waals surface area contributed by atoms with Crippen molar-refractivity contribution >= 4 is 23.4 Å². The molecule has 0 bridgehead atoms. The normalized spacial score (nSPS) is 23.5. The van der Waals surface area contributed by atoms with Gasteiger partial charge in [-0.2, -0.15) is 0 Å². The number of benzene rings is 1. The summed E-state index contributed by atoms with van der Waals surface area (Å²) in [6.45, 7) is 3.07. The lowest BCUT2D eigenvalue weighted by molar-refractivity contribution is -0.143. The fourth-order valence-corrected chi connectivity index (χ4v) is 4.65. The first kappa shape index (κ1) is 18.6. The molecule has 5 nitrogen and oxygen atoms in total. The Morgan fingerprint density at radius 1 is 0.926 bits per heavy atom. The third-order valence-electron chi connectivity index (χ3n) is 6.05. The Morgan fingerprint density at radius 2 is 1.59 bits per heavy atom. The molecule has 3 aliphatic rings. The Labute approximate surface area is 165 Å². The predicted octanol–water partition coefficient (Wildman–Crippen LogP) is 3.28. The molecule has 0 N–H and O–H groups in total. The highest BCUT2D eigenvalue weighted by Gasteiger charge is 2.36. The quantitative estimate of drug-likeness (QED) is 0.778. The summed E-state index contributed by atoms with van der Waals surface area (Å²) in [7, 11) is 0. The number of carbonyl (C=O) groups is 2. The maximum atomic E-state index is 12.9. The molecule has 4 rings (SSSR count). The topological polar surface area (TPSA) is 49.9 Å². The summed E-state index contributed by atoms with van der Waals surface area (Å²) in [5.74, 6) is 1.14. The molecule has 0 aromatic heterocycles. The zero-order valence-corrected chi connectivity index (χ0v) is 16.4. The smallest absolute Gasteiger partial charge is 0.263 e. The fraction of sp³-hybridized carbons (Fsp3) is 0.619. The van der Waals surface area contributed by atoms with Crippen molar-refractivity contribution < 1.29 is 14.3 Å². The number of carbonyl (C=O) groups excluding carboxylic acids is 2. The summed E-state index contributed by atoms with van der Waals surface area (Å²) in [6.07, 6.45) is 6.31. The van der Waals surface area contributed by atoms with E-state index in [9.17, 15) is 9.59 Å². The minimum Gasteiger partial charge on any atom is -0.480 e. The molecule has 146 valence electrons. The van der Waals surface area contributed by atoms with Crippen LogP contribution in [-0.4, -0.2) is 53.9 Å². The molecule has 3 heterocycles. The van der Waals surface area contributed by atoms with E-state index in [0.29, 0.717) is 30.4 Å². The van der Waals surface area contributed by atoms with Gasteiger partial charge in [0.05, 0.1) is 0 Å². The van der Waals surface area contributed by atoms with Crippen LogP contribution in [0.15, 0.2) is 18.2 Å². The van der Waals surface area contributed by atoms with Gasteiger partial charge >= 0.3 is 0 Å². The number of hydrogen-bond acceptors (Lipinski definition) is 3. The molecule has 1 atom stereocenters. The average molecular weight is 391 g/mol. The second-order valence-corrected chi connectivity index (χ2v) is 8.34. The molecular weight excluding hydrogens is 364 g/mol. The second-order valence-electron chi connectivity index (χ2n) is 7.90. The lowest BCUT2D eigenvalue weighted by Crippen LogP contribution is -2.48. The first-order valence-corrected chi connectivity index (χ1v) is 10.5. The summed E-state index contributed by atoms with van der Waals surface area (Å²) in [4.78, 5) is 29.6. The Hall–Kier alpha value is -1.75. The molecule has 0 aliphatic carbocycles. The number of ether oxygens (including phenoxy) is 1. The average Bonchev–Trinajstić information content (AvgIpc) is 2.92. The number of fused-ring (bicyclic) bond motifs is 1. The SMILES string of the molecule is O=C(C1CCN(C(=O)[C@H]2Cc3cc(Cl)ccc3O2)CC1)N1CCCCCC1. The largest absolute Gasteiger partial charge is 0.480 e. The molecule has 2 fully saturated rings. The van der Waals surface area contributed by atoms with Crippen molar-refractivity contribution in [2.75, 3.05) is 26.2 Å². The lowest BCUT2D eigenvalue weighted by Gasteiger charge is -2.35. The van der Waals surface area contributed by atoms with Crippen molar-refractivity contribution in [3.63, 3.8) is 0 Å². The van der Waals surface area contributed by atoms with E-state index in [1.54, 1.807) is 6.07 Å². The van der Waals surface area contributed by atoms with Gasteiger partial charge in [0.2, 0.25) is 5.91 Å². The van der Waals surface area contributed by atoms with Crippen LogP contribution in [0.25, 0.3) is 0 Å². The van der Waals surface area contributed by atoms with Crippen molar-refractivity contribution in [1.82, 2.24) is 9.80 Å². The highest BCUT2D eigenvalue weighted by molar-refractivity contribution is 6.30. The van der Waals surface area contributed by atoms with E-state index in [0.717, 1.165) is 50.1 Å². The fourth-order valence-electron chi connectivity index (χ4n) is 4.45. The van der Waals surface area contributed by atoms with Crippen LogP contribution in [0.1, 0.15) is 44.1 Å². The maximum Gasteiger partial charge on any atom is 0.263 e. The third kappa shape index (κ3) is 4.08. The van der Waals surface area contributed by atoms with Crippen molar-refractivity contribution in [1.29, 1.82) is 0 Å². The standard InChI is InChI=1S/C21H27ClN2O3/c22-17-5-6-18-16(13-17)14-19(27-18)21(26)24-11-7-15(8-12-24)20(25)23-9-3-1-2-4-10-23/h5-6,13,15,19H,1-4,7-12,14H2/t19-/m1/s1. The van der Waals surface area contributed by atoms with Gasteiger partial charge in [0.15, 0.2) is 6.10 Å². The molecule has 1 aromatic rings. The first-order chi connectivity index (χ1) is 13.1. The van der Waals surface area contributed by atoms with E-state index in [-0.39, 0.29) is 11.8 Å². The van der Waals surface area contributed by atoms with Gasteiger partial charge in [-0.05, 0) is 49.4 Å². The van der Waals surface area contributed by atoms with Crippen LogP contribution in [0, 0.1) is 5.92 Å². The maximum absolute atomic E-state index is 12.9. The third-order valence-corrected chi connectivity index (χ3v) is 6.28. The molecule has 0 saturated carbocycles. The summed E-state index contributed by atoms with van der Waals surface area (Å²) in [6, 6.07) is 5.49. The van der Waals surface area contributed by atoms with Crippen LogP contribution in [0.2, 0.25) is 5.02 Å².